The molecule has 10 heteroatoms. The van der Waals surface area contributed by atoms with Crippen LogP contribution in [0.3, 0.4) is 0 Å². The lowest BCUT2D eigenvalue weighted by Crippen LogP contribution is -2.48. The maximum atomic E-state index is 15.1. The van der Waals surface area contributed by atoms with Gasteiger partial charge in [0, 0.05) is 41.4 Å². The fourth-order valence-electron chi connectivity index (χ4n) is 9.21. The number of fused-ring (bicyclic) bond motifs is 4. The molecule has 262 valence electrons. The van der Waals surface area contributed by atoms with Crippen molar-refractivity contribution < 1.29 is 29.0 Å². The van der Waals surface area contributed by atoms with Crippen LogP contribution in [0.1, 0.15) is 42.0 Å². The van der Waals surface area contributed by atoms with Gasteiger partial charge in [-0.15, -0.1) is 0 Å². The number of hydrogen-bond acceptors (Lipinski definition) is 6. The Bertz CT molecular complexity index is 2030. The summed E-state index contributed by atoms with van der Waals surface area (Å²) in [5.74, 6) is -0.996. The highest BCUT2D eigenvalue weighted by Crippen LogP contribution is 2.61. The van der Waals surface area contributed by atoms with E-state index in [-0.39, 0.29) is 36.8 Å². The average Bonchev–Trinajstić information content (AvgIpc) is 3.56. The van der Waals surface area contributed by atoms with Crippen LogP contribution in [0.25, 0.3) is 0 Å². The summed E-state index contributed by atoms with van der Waals surface area (Å²) in [6.07, 6.45) is 0.774. The van der Waals surface area contributed by atoms with Gasteiger partial charge in [0.25, 0.3) is 5.91 Å². The van der Waals surface area contributed by atoms with Gasteiger partial charge in [0.2, 0.25) is 11.8 Å². The zero-order valence-electron chi connectivity index (χ0n) is 29.2. The maximum Gasteiger partial charge on any atom is 0.268 e. The Labute approximate surface area is 299 Å². The van der Waals surface area contributed by atoms with Crippen LogP contribution in [0.15, 0.2) is 97.1 Å². The minimum Gasteiger partial charge on any atom is -0.432 e. The molecule has 1 fully saturated rings. The zero-order valence-corrected chi connectivity index (χ0v) is 30.2. The molecule has 8 rings (SSSR count). The summed E-state index contributed by atoms with van der Waals surface area (Å²) in [6, 6.07) is 30.6. The van der Waals surface area contributed by atoms with Gasteiger partial charge >= 0.3 is 0 Å². The van der Waals surface area contributed by atoms with E-state index in [1.807, 2.05) is 117 Å². The van der Waals surface area contributed by atoms with Gasteiger partial charge in [-0.25, -0.2) is 0 Å². The lowest BCUT2D eigenvalue weighted by atomic mass is 9.82. The first-order chi connectivity index (χ1) is 24.5. The molecule has 51 heavy (non-hydrogen) atoms. The molecule has 3 amide bonds. The van der Waals surface area contributed by atoms with Crippen molar-refractivity contribution in [3.8, 4) is 0 Å². The fourth-order valence-corrected chi connectivity index (χ4v) is 11.8. The molecule has 0 aliphatic carbocycles. The highest BCUT2D eigenvalue weighted by molar-refractivity contribution is 6.71. The fraction of sp³-hybridized carbons (Fsp3) is 0.341. The molecule has 4 heterocycles. The predicted molar refractivity (Wildman–Crippen MR) is 197 cm³/mol. The number of aryl methyl sites for hydroxylation is 1. The SMILES string of the molecule is C[C@@H]1[C@@H]([Si](C)(C)O)[C@H](CC(=O)N2Cc3ccccc3C[C@H]2CO)O[C@@]12C(=O)N(c1ccccc1)c1ccc(N3C(=O)CCc4ccccc43)cc12. The maximum absolute atomic E-state index is 15.1. The minimum atomic E-state index is -3.08. The van der Waals surface area contributed by atoms with Crippen molar-refractivity contribution in [2.75, 3.05) is 16.4 Å². The van der Waals surface area contributed by atoms with Crippen molar-refractivity contribution >= 4 is 48.8 Å². The molecular weight excluding hydrogens is 659 g/mol. The number of aliphatic hydroxyl groups excluding tert-OH is 1. The molecule has 0 bridgehead atoms. The predicted octanol–water partition coefficient (Wildman–Crippen LogP) is 6.11. The summed E-state index contributed by atoms with van der Waals surface area (Å²) in [4.78, 5) is 60.0. The second-order valence-corrected chi connectivity index (χ2v) is 18.9. The smallest absolute Gasteiger partial charge is 0.268 e. The Morgan fingerprint density at radius 1 is 0.843 bits per heavy atom. The summed E-state index contributed by atoms with van der Waals surface area (Å²) in [5.41, 5.74) is 4.65. The molecule has 1 spiro atoms. The second-order valence-electron chi connectivity index (χ2n) is 14.9. The Morgan fingerprint density at radius 3 is 2.25 bits per heavy atom. The monoisotopic (exact) mass is 701 g/mol. The largest absolute Gasteiger partial charge is 0.432 e. The number of ether oxygens (including phenoxy) is 1. The third kappa shape index (κ3) is 5.35. The number of amides is 3. The lowest BCUT2D eigenvalue weighted by molar-refractivity contribution is -0.150. The minimum absolute atomic E-state index is 0.0286. The molecule has 5 atom stereocenters. The first kappa shape index (κ1) is 33.5. The third-order valence-electron chi connectivity index (χ3n) is 11.5. The molecule has 9 nitrogen and oxygen atoms in total. The zero-order chi connectivity index (χ0) is 35.7. The first-order valence-electron chi connectivity index (χ1n) is 17.8. The van der Waals surface area contributed by atoms with E-state index in [1.54, 1.807) is 14.7 Å². The number of nitrogens with zero attached hydrogens (tertiary/aromatic N) is 3. The Hall–Kier alpha value is -4.61. The number of carbonyl (C=O) groups is 3. The van der Waals surface area contributed by atoms with Crippen LogP contribution in [-0.4, -0.2) is 59.6 Å². The molecule has 4 aromatic rings. The molecule has 0 aromatic heterocycles. The van der Waals surface area contributed by atoms with Crippen LogP contribution in [0.4, 0.5) is 22.7 Å². The Morgan fingerprint density at radius 2 is 1.53 bits per heavy atom. The topological polar surface area (TPSA) is 111 Å². The van der Waals surface area contributed by atoms with Gasteiger partial charge in [0.1, 0.15) is 0 Å². The Kier molecular flexibility index (Phi) is 8.25. The average molecular weight is 702 g/mol. The molecule has 0 unspecified atom stereocenters. The summed E-state index contributed by atoms with van der Waals surface area (Å²) >= 11 is 0. The van der Waals surface area contributed by atoms with Crippen molar-refractivity contribution in [1.82, 2.24) is 4.90 Å². The van der Waals surface area contributed by atoms with Gasteiger partial charge in [-0.05, 0) is 79.0 Å². The van der Waals surface area contributed by atoms with E-state index in [0.717, 1.165) is 22.4 Å². The molecule has 4 aromatic carbocycles. The summed E-state index contributed by atoms with van der Waals surface area (Å²) in [5, 5.41) is 10.3. The number of hydrogen-bond donors (Lipinski definition) is 2. The van der Waals surface area contributed by atoms with Crippen molar-refractivity contribution in [2.24, 2.45) is 5.92 Å². The number of carbonyl (C=O) groups excluding carboxylic acids is 3. The van der Waals surface area contributed by atoms with Crippen molar-refractivity contribution in [1.29, 1.82) is 0 Å². The standard InChI is InChI=1S/C41H43N3O6Si/c1-26-39(51(2,3)49)36(23-38(47)42-24-29-13-8-7-12-28(29)21-32(42)25-45)50-41(26)33-22-31(43-34-16-10-9-11-27(34)17-20-37(43)46)18-19-35(33)44(40(41)48)30-14-5-4-6-15-30/h4-16,18-19,22,26,32,36,39,45,49H,17,20-21,23-25H2,1-3H3/t26-,32+,36+,39-,41+/m1/s1. The molecule has 1 saturated heterocycles. The summed E-state index contributed by atoms with van der Waals surface area (Å²) in [7, 11) is -3.08. The highest BCUT2D eigenvalue weighted by Gasteiger charge is 2.67. The summed E-state index contributed by atoms with van der Waals surface area (Å²) < 4.78 is 7.06. The third-order valence-corrected chi connectivity index (χ3v) is 14.0. The second kappa shape index (κ2) is 12.6. The van der Waals surface area contributed by atoms with Gasteiger partial charge < -0.3 is 19.5 Å². The highest BCUT2D eigenvalue weighted by atomic mass is 28.4. The van der Waals surface area contributed by atoms with Crippen LogP contribution in [-0.2, 0) is 44.1 Å². The molecular formula is C41H43N3O6Si. The first-order valence-corrected chi connectivity index (χ1v) is 20.9. The van der Waals surface area contributed by atoms with Gasteiger partial charge in [0.05, 0.1) is 36.5 Å². The number of anilines is 4. The molecule has 0 saturated carbocycles. The van der Waals surface area contributed by atoms with Gasteiger partial charge in [0.15, 0.2) is 13.9 Å². The van der Waals surface area contributed by atoms with Gasteiger partial charge in [-0.1, -0.05) is 67.6 Å². The molecule has 4 aliphatic heterocycles. The molecule has 4 aliphatic rings. The van der Waals surface area contributed by atoms with E-state index in [1.165, 1.54) is 0 Å². The Balaban J connectivity index is 1.23. The van der Waals surface area contributed by atoms with Crippen LogP contribution < -0.4 is 9.80 Å². The van der Waals surface area contributed by atoms with E-state index in [0.29, 0.717) is 48.4 Å². The van der Waals surface area contributed by atoms with Gasteiger partial charge in [-0.2, -0.15) is 0 Å². The van der Waals surface area contributed by atoms with Crippen molar-refractivity contribution in [3.63, 3.8) is 0 Å². The van der Waals surface area contributed by atoms with E-state index in [9.17, 15) is 19.5 Å². The normalized spacial score (nSPS) is 25.6. The van der Waals surface area contributed by atoms with Crippen LogP contribution >= 0.6 is 0 Å². The number of benzene rings is 4. The number of para-hydroxylation sites is 2. The van der Waals surface area contributed by atoms with Crippen molar-refractivity contribution in [3.05, 3.63) is 119 Å². The van der Waals surface area contributed by atoms with Crippen molar-refractivity contribution in [2.45, 2.75) is 75.5 Å². The lowest BCUT2D eigenvalue weighted by Gasteiger charge is -2.37. The molecule has 0 radical (unpaired) electrons. The van der Waals surface area contributed by atoms with E-state index in [2.05, 4.69) is 0 Å². The van der Waals surface area contributed by atoms with Crippen LogP contribution in [0.2, 0.25) is 18.6 Å². The van der Waals surface area contributed by atoms with Crippen LogP contribution in [0.5, 0.6) is 0 Å². The molecule has 2 N–H and O–H groups in total. The van der Waals surface area contributed by atoms with E-state index < -0.39 is 31.5 Å². The number of aliphatic hydroxyl groups is 1. The number of rotatable bonds is 6. The van der Waals surface area contributed by atoms with Gasteiger partial charge in [-0.3, -0.25) is 24.2 Å². The summed E-state index contributed by atoms with van der Waals surface area (Å²) in [6.45, 7) is 5.84. The quantitative estimate of drug-likeness (QED) is 0.235. The van der Waals surface area contributed by atoms with E-state index >= 15 is 4.79 Å². The van der Waals surface area contributed by atoms with E-state index in [4.69, 9.17) is 4.74 Å². The van der Waals surface area contributed by atoms with Crippen LogP contribution in [0, 0.1) is 5.92 Å².